The van der Waals surface area contributed by atoms with Gasteiger partial charge in [0.1, 0.15) is 0 Å². The number of aliphatic imine (C=N–C) groups is 1. The first-order valence-corrected chi connectivity index (χ1v) is 7.15. The van der Waals surface area contributed by atoms with Gasteiger partial charge in [0.15, 0.2) is 5.96 Å². The van der Waals surface area contributed by atoms with Crippen LogP contribution in [0.25, 0.3) is 0 Å². The number of halogens is 1. The lowest BCUT2D eigenvalue weighted by atomic mass is 10.4. The molecule has 0 bridgehead atoms. The highest BCUT2D eigenvalue weighted by Gasteiger charge is 2.11. The van der Waals surface area contributed by atoms with E-state index in [2.05, 4.69) is 22.0 Å². The van der Waals surface area contributed by atoms with Gasteiger partial charge < -0.3 is 15.4 Å². The van der Waals surface area contributed by atoms with Gasteiger partial charge in [-0.2, -0.15) is 0 Å². The number of hydrogen-bond acceptors (Lipinski definition) is 3. The number of rotatable bonds is 4. The van der Waals surface area contributed by atoms with Crippen LogP contribution in [-0.2, 0) is 4.74 Å². The molecule has 19 heavy (non-hydrogen) atoms. The molecule has 0 aromatic heterocycles. The van der Waals surface area contributed by atoms with E-state index >= 15 is 0 Å². The predicted octanol–water partition coefficient (Wildman–Crippen LogP) is 2.04. The predicted molar refractivity (Wildman–Crippen MR) is 91.5 cm³/mol. The molecular formula is C13H20IN3OS. The Hall–Kier alpha value is -0.470. The third kappa shape index (κ3) is 6.01. The van der Waals surface area contributed by atoms with E-state index in [0.29, 0.717) is 5.96 Å². The van der Waals surface area contributed by atoms with Gasteiger partial charge in [0.05, 0.1) is 19.8 Å². The molecule has 1 heterocycles. The van der Waals surface area contributed by atoms with Crippen molar-refractivity contribution >= 4 is 41.7 Å². The summed E-state index contributed by atoms with van der Waals surface area (Å²) in [6, 6.07) is 10.3. The Kier molecular flexibility index (Phi) is 8.24. The lowest BCUT2D eigenvalue weighted by Crippen LogP contribution is -2.44. The molecule has 2 N–H and O–H groups in total. The van der Waals surface area contributed by atoms with Crippen LogP contribution in [-0.4, -0.2) is 49.5 Å². The standard InChI is InChI=1S/C13H19N3OS.HI/c14-13(16-7-9-17-10-8-16)15-6-11-18-12-4-2-1-3-5-12;/h1-5H,6-11H2,(H2,14,15);1H. The van der Waals surface area contributed by atoms with Gasteiger partial charge in [0.2, 0.25) is 0 Å². The van der Waals surface area contributed by atoms with Crippen molar-refractivity contribution in [3.63, 3.8) is 0 Å². The van der Waals surface area contributed by atoms with Crippen LogP contribution in [0.3, 0.4) is 0 Å². The molecule has 1 fully saturated rings. The van der Waals surface area contributed by atoms with E-state index in [9.17, 15) is 0 Å². The van der Waals surface area contributed by atoms with Crippen molar-refractivity contribution in [1.29, 1.82) is 0 Å². The second kappa shape index (κ2) is 9.44. The second-order valence-electron chi connectivity index (χ2n) is 4.00. The van der Waals surface area contributed by atoms with Crippen molar-refractivity contribution in [3.05, 3.63) is 30.3 Å². The fourth-order valence-corrected chi connectivity index (χ4v) is 2.50. The maximum Gasteiger partial charge on any atom is 0.191 e. The maximum absolute atomic E-state index is 5.94. The van der Waals surface area contributed by atoms with E-state index in [1.807, 2.05) is 18.2 Å². The summed E-state index contributed by atoms with van der Waals surface area (Å²) in [7, 11) is 0. The first kappa shape index (κ1) is 16.6. The van der Waals surface area contributed by atoms with E-state index in [-0.39, 0.29) is 24.0 Å². The molecule has 6 heteroatoms. The number of nitrogens with two attached hydrogens (primary N) is 1. The monoisotopic (exact) mass is 393 g/mol. The molecule has 0 aliphatic carbocycles. The number of ether oxygens (including phenoxy) is 1. The van der Waals surface area contributed by atoms with Crippen molar-refractivity contribution in [3.8, 4) is 0 Å². The quantitative estimate of drug-likeness (QED) is 0.280. The summed E-state index contributed by atoms with van der Waals surface area (Å²) in [5, 5.41) is 0. The summed E-state index contributed by atoms with van der Waals surface area (Å²) >= 11 is 1.80. The Morgan fingerprint density at radius 1 is 1.26 bits per heavy atom. The normalized spacial score (nSPS) is 16.0. The molecule has 1 aliphatic rings. The third-order valence-corrected chi connectivity index (χ3v) is 3.70. The topological polar surface area (TPSA) is 50.8 Å². The SMILES string of the molecule is I.NC(=NCCSc1ccccc1)N1CCOCC1. The average Bonchev–Trinajstić information content (AvgIpc) is 2.45. The highest BCUT2D eigenvalue weighted by Crippen LogP contribution is 2.16. The number of hydrogen-bond donors (Lipinski definition) is 1. The van der Waals surface area contributed by atoms with E-state index in [4.69, 9.17) is 10.5 Å². The Bertz CT molecular complexity index is 383. The van der Waals surface area contributed by atoms with Crippen LogP contribution in [0.2, 0.25) is 0 Å². The Morgan fingerprint density at radius 3 is 2.63 bits per heavy atom. The maximum atomic E-state index is 5.94. The molecule has 0 unspecified atom stereocenters. The van der Waals surface area contributed by atoms with Crippen LogP contribution < -0.4 is 5.73 Å². The third-order valence-electron chi connectivity index (χ3n) is 2.71. The molecule has 0 spiro atoms. The summed E-state index contributed by atoms with van der Waals surface area (Å²) in [6.07, 6.45) is 0. The molecule has 4 nitrogen and oxygen atoms in total. The molecule has 2 rings (SSSR count). The molecule has 0 saturated carbocycles. The number of nitrogens with zero attached hydrogens (tertiary/aromatic N) is 2. The summed E-state index contributed by atoms with van der Waals surface area (Å²) in [5.74, 6) is 1.60. The molecule has 106 valence electrons. The van der Waals surface area contributed by atoms with Crippen LogP contribution in [0.1, 0.15) is 0 Å². The summed E-state index contributed by atoms with van der Waals surface area (Å²) in [5.41, 5.74) is 5.94. The van der Waals surface area contributed by atoms with Crippen LogP contribution in [0.4, 0.5) is 0 Å². The zero-order chi connectivity index (χ0) is 12.6. The minimum atomic E-state index is 0. The Morgan fingerprint density at radius 2 is 1.95 bits per heavy atom. The summed E-state index contributed by atoms with van der Waals surface area (Å²) in [6.45, 7) is 3.94. The van der Waals surface area contributed by atoms with Gasteiger partial charge in [-0.3, -0.25) is 4.99 Å². The van der Waals surface area contributed by atoms with Gasteiger partial charge in [-0.25, -0.2) is 0 Å². The van der Waals surface area contributed by atoms with Crippen LogP contribution in [0.5, 0.6) is 0 Å². The molecule has 1 saturated heterocycles. The average molecular weight is 393 g/mol. The molecule has 0 radical (unpaired) electrons. The van der Waals surface area contributed by atoms with Crippen LogP contribution in [0.15, 0.2) is 40.2 Å². The molecule has 1 aliphatic heterocycles. The highest BCUT2D eigenvalue weighted by molar-refractivity contribution is 14.0. The van der Waals surface area contributed by atoms with E-state index in [1.165, 1.54) is 4.90 Å². The fourth-order valence-electron chi connectivity index (χ4n) is 1.73. The molecular weight excluding hydrogens is 373 g/mol. The number of morpholine rings is 1. The minimum absolute atomic E-state index is 0. The van der Waals surface area contributed by atoms with Gasteiger partial charge in [0, 0.05) is 23.7 Å². The van der Waals surface area contributed by atoms with Crippen molar-refractivity contribution in [2.75, 3.05) is 38.6 Å². The van der Waals surface area contributed by atoms with Gasteiger partial charge in [-0.1, -0.05) is 18.2 Å². The highest BCUT2D eigenvalue weighted by atomic mass is 127. The van der Waals surface area contributed by atoms with E-state index < -0.39 is 0 Å². The van der Waals surface area contributed by atoms with Crippen molar-refractivity contribution < 1.29 is 4.74 Å². The zero-order valence-corrected chi connectivity index (χ0v) is 14.0. The molecule has 1 aromatic carbocycles. The largest absolute Gasteiger partial charge is 0.378 e. The lowest BCUT2D eigenvalue weighted by molar-refractivity contribution is 0.0674. The van der Waals surface area contributed by atoms with Gasteiger partial charge in [0.25, 0.3) is 0 Å². The Balaban J connectivity index is 0.00000180. The minimum Gasteiger partial charge on any atom is -0.378 e. The van der Waals surface area contributed by atoms with Gasteiger partial charge >= 0.3 is 0 Å². The summed E-state index contributed by atoms with van der Waals surface area (Å²) < 4.78 is 5.28. The first-order chi connectivity index (χ1) is 8.86. The second-order valence-corrected chi connectivity index (χ2v) is 5.17. The number of benzene rings is 1. The van der Waals surface area contributed by atoms with E-state index in [0.717, 1.165) is 38.6 Å². The van der Waals surface area contributed by atoms with E-state index in [1.54, 1.807) is 11.8 Å². The summed E-state index contributed by atoms with van der Waals surface area (Å²) in [4.78, 5) is 7.76. The van der Waals surface area contributed by atoms with Crippen molar-refractivity contribution in [2.24, 2.45) is 10.7 Å². The van der Waals surface area contributed by atoms with Crippen molar-refractivity contribution in [1.82, 2.24) is 4.90 Å². The first-order valence-electron chi connectivity index (χ1n) is 6.17. The number of thioether (sulfide) groups is 1. The zero-order valence-electron chi connectivity index (χ0n) is 10.8. The molecule has 1 aromatic rings. The molecule has 0 amide bonds. The smallest absolute Gasteiger partial charge is 0.191 e. The van der Waals surface area contributed by atoms with Crippen LogP contribution in [0, 0.1) is 0 Å². The molecule has 0 atom stereocenters. The Labute approximate surface area is 135 Å². The number of guanidine groups is 1. The van der Waals surface area contributed by atoms with Crippen molar-refractivity contribution in [2.45, 2.75) is 4.90 Å². The fraction of sp³-hybridized carbons (Fsp3) is 0.462. The lowest BCUT2D eigenvalue weighted by Gasteiger charge is -2.27. The van der Waals surface area contributed by atoms with Gasteiger partial charge in [-0.15, -0.1) is 35.7 Å². The van der Waals surface area contributed by atoms with Crippen LogP contribution >= 0.6 is 35.7 Å². The van der Waals surface area contributed by atoms with Gasteiger partial charge in [-0.05, 0) is 12.1 Å².